The van der Waals surface area contributed by atoms with Crippen LogP contribution in [-0.2, 0) is 4.79 Å². The number of halogens is 1. The van der Waals surface area contributed by atoms with Crippen LogP contribution in [0.3, 0.4) is 0 Å². The topological polar surface area (TPSA) is 50.7 Å². The number of thioether (sulfide) groups is 1. The molecule has 0 unspecified atom stereocenters. The number of hydrogen-bond acceptors (Lipinski definition) is 4. The van der Waals surface area contributed by atoms with E-state index >= 15 is 0 Å². The highest BCUT2D eigenvalue weighted by Crippen LogP contribution is 2.20. The van der Waals surface area contributed by atoms with Gasteiger partial charge >= 0.3 is 0 Å². The van der Waals surface area contributed by atoms with Gasteiger partial charge in [0.05, 0.1) is 12.8 Å². The first-order valence-electron chi connectivity index (χ1n) is 7.44. The SMILES string of the molecule is COc1ccc(/C(C)=N\NC(=O)CCSc2ccc(Cl)cc2)cc1. The molecule has 0 radical (unpaired) electrons. The number of hydrogen-bond donors (Lipinski definition) is 1. The van der Waals surface area contributed by atoms with Crippen molar-refractivity contribution in [2.24, 2.45) is 5.10 Å². The molecule has 0 saturated carbocycles. The van der Waals surface area contributed by atoms with Crippen LogP contribution in [0.15, 0.2) is 58.5 Å². The molecule has 2 aromatic rings. The Kier molecular flexibility index (Phi) is 7.15. The summed E-state index contributed by atoms with van der Waals surface area (Å²) >= 11 is 7.45. The number of amides is 1. The molecule has 0 aromatic heterocycles. The second kappa shape index (κ2) is 9.35. The first-order chi connectivity index (χ1) is 11.6. The van der Waals surface area contributed by atoms with E-state index in [4.69, 9.17) is 16.3 Å². The average Bonchev–Trinajstić information content (AvgIpc) is 2.61. The van der Waals surface area contributed by atoms with Gasteiger partial charge in [0, 0.05) is 22.1 Å². The summed E-state index contributed by atoms with van der Waals surface area (Å²) in [6.07, 6.45) is 0.396. The van der Waals surface area contributed by atoms with E-state index in [1.54, 1.807) is 18.9 Å². The molecule has 0 aliphatic heterocycles. The summed E-state index contributed by atoms with van der Waals surface area (Å²) in [5, 5.41) is 4.85. The average molecular weight is 363 g/mol. The molecular weight excluding hydrogens is 344 g/mol. The lowest BCUT2D eigenvalue weighted by Gasteiger charge is -2.05. The van der Waals surface area contributed by atoms with Gasteiger partial charge in [0.2, 0.25) is 5.91 Å². The van der Waals surface area contributed by atoms with Crippen molar-refractivity contribution in [3.8, 4) is 5.75 Å². The van der Waals surface area contributed by atoms with Gasteiger partial charge in [-0.15, -0.1) is 11.8 Å². The highest BCUT2D eigenvalue weighted by Gasteiger charge is 2.03. The fourth-order valence-corrected chi connectivity index (χ4v) is 2.87. The second-order valence-electron chi connectivity index (χ2n) is 5.01. The summed E-state index contributed by atoms with van der Waals surface area (Å²) in [4.78, 5) is 12.9. The maximum absolute atomic E-state index is 11.9. The number of rotatable bonds is 7. The Morgan fingerprint density at radius 1 is 1.17 bits per heavy atom. The zero-order valence-corrected chi connectivity index (χ0v) is 15.2. The lowest BCUT2D eigenvalue weighted by molar-refractivity contribution is -0.120. The summed E-state index contributed by atoms with van der Waals surface area (Å²) in [6, 6.07) is 15.1. The summed E-state index contributed by atoms with van der Waals surface area (Å²) in [5.74, 6) is 1.36. The second-order valence-corrected chi connectivity index (χ2v) is 6.62. The van der Waals surface area contributed by atoms with Crippen LogP contribution >= 0.6 is 23.4 Å². The van der Waals surface area contributed by atoms with Crippen LogP contribution in [0, 0.1) is 0 Å². The maximum atomic E-state index is 11.9. The van der Waals surface area contributed by atoms with Gasteiger partial charge < -0.3 is 4.74 Å². The van der Waals surface area contributed by atoms with E-state index in [2.05, 4.69) is 10.5 Å². The van der Waals surface area contributed by atoms with Crippen LogP contribution in [0.25, 0.3) is 0 Å². The number of ether oxygens (including phenoxy) is 1. The zero-order chi connectivity index (χ0) is 17.4. The molecule has 0 atom stereocenters. The molecule has 24 heavy (non-hydrogen) atoms. The standard InChI is InChI=1S/C18H19ClN2O2S/c1-13(14-3-7-16(23-2)8-4-14)20-21-18(22)11-12-24-17-9-5-15(19)6-10-17/h3-10H,11-12H2,1-2H3,(H,21,22)/b20-13-. The monoisotopic (exact) mass is 362 g/mol. The fraction of sp³-hybridized carbons (Fsp3) is 0.222. The normalized spacial score (nSPS) is 11.2. The third-order valence-corrected chi connectivity index (χ3v) is 4.53. The quantitative estimate of drug-likeness (QED) is 0.452. The fourth-order valence-electron chi connectivity index (χ4n) is 1.89. The Balaban J connectivity index is 1.77. The maximum Gasteiger partial charge on any atom is 0.240 e. The molecule has 6 heteroatoms. The lowest BCUT2D eigenvalue weighted by atomic mass is 10.1. The molecule has 126 valence electrons. The van der Waals surface area contributed by atoms with Crippen molar-refractivity contribution in [2.45, 2.75) is 18.2 Å². The van der Waals surface area contributed by atoms with Crippen LogP contribution in [0.2, 0.25) is 5.02 Å². The third-order valence-electron chi connectivity index (χ3n) is 3.27. The Hall–Kier alpha value is -1.98. The van der Waals surface area contributed by atoms with Crippen LogP contribution in [0.1, 0.15) is 18.9 Å². The van der Waals surface area contributed by atoms with Crippen LogP contribution in [0.5, 0.6) is 5.75 Å². The van der Waals surface area contributed by atoms with E-state index in [0.29, 0.717) is 17.2 Å². The Morgan fingerprint density at radius 2 is 1.83 bits per heavy atom. The minimum Gasteiger partial charge on any atom is -0.497 e. The molecule has 0 spiro atoms. The van der Waals surface area contributed by atoms with Crippen molar-refractivity contribution >= 4 is 35.0 Å². The van der Waals surface area contributed by atoms with E-state index in [-0.39, 0.29) is 5.91 Å². The molecule has 0 fully saturated rings. The summed E-state index contributed by atoms with van der Waals surface area (Å²) in [6.45, 7) is 1.85. The van der Waals surface area contributed by atoms with E-state index < -0.39 is 0 Å². The zero-order valence-electron chi connectivity index (χ0n) is 13.6. The summed E-state index contributed by atoms with van der Waals surface area (Å²) < 4.78 is 5.12. The molecule has 0 aliphatic carbocycles. The Morgan fingerprint density at radius 3 is 2.46 bits per heavy atom. The summed E-state index contributed by atoms with van der Waals surface area (Å²) in [5.41, 5.74) is 4.27. The molecular formula is C18H19ClN2O2S. The van der Waals surface area contributed by atoms with Gasteiger partial charge in [-0.1, -0.05) is 11.6 Å². The van der Waals surface area contributed by atoms with Crippen molar-refractivity contribution in [3.05, 3.63) is 59.1 Å². The van der Waals surface area contributed by atoms with Crippen molar-refractivity contribution in [1.82, 2.24) is 5.43 Å². The number of methoxy groups -OCH3 is 1. The number of hydrazone groups is 1. The number of nitrogens with one attached hydrogen (secondary N) is 1. The van der Waals surface area contributed by atoms with Crippen molar-refractivity contribution in [1.29, 1.82) is 0 Å². The van der Waals surface area contributed by atoms with Crippen molar-refractivity contribution in [3.63, 3.8) is 0 Å². The number of carbonyl (C=O) groups excluding carboxylic acids is 1. The minimum absolute atomic E-state index is 0.107. The first-order valence-corrected chi connectivity index (χ1v) is 8.81. The highest BCUT2D eigenvalue weighted by atomic mass is 35.5. The Bertz CT molecular complexity index is 700. The lowest BCUT2D eigenvalue weighted by Crippen LogP contribution is -2.19. The number of benzene rings is 2. The molecule has 2 rings (SSSR count). The van der Waals surface area contributed by atoms with Gasteiger partial charge in [0.25, 0.3) is 0 Å². The molecule has 1 amide bonds. The van der Waals surface area contributed by atoms with E-state index in [9.17, 15) is 4.79 Å². The summed E-state index contributed by atoms with van der Waals surface area (Å²) in [7, 11) is 1.62. The Labute approximate surface area is 151 Å². The van der Waals surface area contributed by atoms with Crippen LogP contribution in [0.4, 0.5) is 0 Å². The van der Waals surface area contributed by atoms with E-state index in [1.165, 1.54) is 0 Å². The van der Waals surface area contributed by atoms with Crippen LogP contribution < -0.4 is 10.2 Å². The van der Waals surface area contributed by atoms with E-state index in [0.717, 1.165) is 21.9 Å². The van der Waals surface area contributed by atoms with Gasteiger partial charge in [-0.05, 0) is 61.0 Å². The molecule has 0 aliphatic rings. The highest BCUT2D eigenvalue weighted by molar-refractivity contribution is 7.99. The molecule has 2 aromatic carbocycles. The largest absolute Gasteiger partial charge is 0.497 e. The van der Waals surface area contributed by atoms with Gasteiger partial charge in [-0.2, -0.15) is 5.10 Å². The van der Waals surface area contributed by atoms with Gasteiger partial charge in [-0.3, -0.25) is 4.79 Å². The van der Waals surface area contributed by atoms with Crippen molar-refractivity contribution in [2.75, 3.05) is 12.9 Å². The molecule has 0 heterocycles. The predicted molar refractivity (Wildman–Crippen MR) is 100 cm³/mol. The third kappa shape index (κ3) is 5.91. The predicted octanol–water partition coefficient (Wildman–Crippen LogP) is 4.37. The smallest absolute Gasteiger partial charge is 0.240 e. The van der Waals surface area contributed by atoms with Gasteiger partial charge in [0.15, 0.2) is 0 Å². The molecule has 1 N–H and O–H groups in total. The number of nitrogens with zero attached hydrogens (tertiary/aromatic N) is 1. The van der Waals surface area contributed by atoms with E-state index in [1.807, 2.05) is 55.5 Å². The van der Waals surface area contributed by atoms with Crippen molar-refractivity contribution < 1.29 is 9.53 Å². The number of carbonyl (C=O) groups is 1. The molecule has 0 bridgehead atoms. The van der Waals surface area contributed by atoms with Crippen LogP contribution in [-0.4, -0.2) is 24.5 Å². The first kappa shape index (κ1) is 18.4. The van der Waals surface area contributed by atoms with Gasteiger partial charge in [0.1, 0.15) is 5.75 Å². The molecule has 0 saturated heterocycles. The molecule has 4 nitrogen and oxygen atoms in total. The minimum atomic E-state index is -0.107. The van der Waals surface area contributed by atoms with Gasteiger partial charge in [-0.25, -0.2) is 5.43 Å².